The molecule has 0 unspecified atom stereocenters. The smallest absolute Gasteiger partial charge is 0.404 e. The predicted octanol–water partition coefficient (Wildman–Crippen LogP) is 1.83. The first-order valence-electron chi connectivity index (χ1n) is 5.35. The third kappa shape index (κ3) is 4.72. The molecule has 0 aromatic heterocycles. The van der Waals surface area contributed by atoms with Crippen LogP contribution in [0, 0.1) is 0 Å². The molecule has 1 aromatic carbocycles. The van der Waals surface area contributed by atoms with Crippen LogP contribution in [0.2, 0.25) is 0 Å². The minimum atomic E-state index is -3.60. The van der Waals surface area contributed by atoms with Gasteiger partial charge in [0.1, 0.15) is 11.8 Å². The maximum atomic E-state index is 12.3. The lowest BCUT2D eigenvalue weighted by Gasteiger charge is -2.14. The molecule has 0 saturated heterocycles. The number of carbonyl (C=O) groups is 1. The zero-order valence-electron chi connectivity index (χ0n) is 10.5. The van der Waals surface area contributed by atoms with Gasteiger partial charge in [0.15, 0.2) is 0 Å². The van der Waals surface area contributed by atoms with Gasteiger partial charge in [-0.15, -0.1) is 0 Å². The molecule has 1 atom stereocenters. The Morgan fingerprint density at radius 2 is 1.84 bits per heavy atom. The van der Waals surface area contributed by atoms with Crippen molar-refractivity contribution < 1.29 is 27.3 Å². The predicted molar refractivity (Wildman–Crippen MR) is 66.5 cm³/mol. The quantitative estimate of drug-likeness (QED) is 0.609. The summed E-state index contributed by atoms with van der Waals surface area (Å²) in [5, 5.41) is 0. The molecule has 0 bridgehead atoms. The van der Waals surface area contributed by atoms with Crippen molar-refractivity contribution >= 4 is 13.9 Å². The zero-order valence-corrected chi connectivity index (χ0v) is 11.4. The van der Waals surface area contributed by atoms with E-state index in [1.807, 2.05) is 0 Å². The van der Waals surface area contributed by atoms with Crippen molar-refractivity contribution in [2.45, 2.75) is 12.5 Å². The molecule has 0 saturated carbocycles. The summed E-state index contributed by atoms with van der Waals surface area (Å²) < 4.78 is 38.3. The first-order valence-corrected chi connectivity index (χ1v) is 6.81. The minimum Gasteiger partial charge on any atom is -0.404 e. The van der Waals surface area contributed by atoms with Gasteiger partial charge in [0.2, 0.25) is 0 Å². The molecule has 19 heavy (non-hydrogen) atoms. The molecule has 0 aliphatic heterocycles. The molecular formula is C11H15FNO5P. The fourth-order valence-corrected chi connectivity index (χ4v) is 1.98. The van der Waals surface area contributed by atoms with Crippen molar-refractivity contribution in [3.63, 3.8) is 0 Å². The van der Waals surface area contributed by atoms with Gasteiger partial charge in [-0.05, 0) is 24.1 Å². The van der Waals surface area contributed by atoms with Crippen molar-refractivity contribution in [1.82, 2.24) is 0 Å². The van der Waals surface area contributed by atoms with Crippen molar-refractivity contribution in [2.75, 3.05) is 14.2 Å². The maximum absolute atomic E-state index is 12.3. The molecule has 0 radical (unpaired) electrons. The lowest BCUT2D eigenvalue weighted by molar-refractivity contribution is -0.130. The monoisotopic (exact) mass is 291 g/mol. The number of hydrogen-bond acceptors (Lipinski definition) is 6. The summed E-state index contributed by atoms with van der Waals surface area (Å²) in [4.78, 5) is 10.4. The summed E-state index contributed by atoms with van der Waals surface area (Å²) in [7, 11) is -1.20. The third-order valence-corrected chi connectivity index (χ3v) is 3.66. The van der Waals surface area contributed by atoms with Gasteiger partial charge in [0.25, 0.3) is 0 Å². The SMILES string of the molecule is COP(=O)(OC)Oc1ccc(C[C@H](N)C(=O)F)cc1. The summed E-state index contributed by atoms with van der Waals surface area (Å²) in [6, 6.07) is 3.39. The third-order valence-electron chi connectivity index (χ3n) is 2.33. The van der Waals surface area contributed by atoms with E-state index >= 15 is 0 Å². The minimum absolute atomic E-state index is 0.0713. The summed E-state index contributed by atoms with van der Waals surface area (Å²) in [5.41, 5.74) is 5.94. The van der Waals surface area contributed by atoms with Crippen LogP contribution in [0.3, 0.4) is 0 Å². The molecule has 8 heteroatoms. The van der Waals surface area contributed by atoms with Crippen LogP contribution in [-0.2, 0) is 24.8 Å². The van der Waals surface area contributed by atoms with Gasteiger partial charge in [0, 0.05) is 14.2 Å². The van der Waals surface area contributed by atoms with E-state index in [-0.39, 0.29) is 12.2 Å². The molecule has 0 spiro atoms. The van der Waals surface area contributed by atoms with Crippen LogP contribution in [0.1, 0.15) is 5.56 Å². The van der Waals surface area contributed by atoms with E-state index in [2.05, 4.69) is 9.05 Å². The van der Waals surface area contributed by atoms with Crippen molar-refractivity contribution in [3.8, 4) is 5.75 Å². The standard InChI is InChI=1S/C11H15FNO5P/c1-16-19(15,17-2)18-9-5-3-8(4-6-9)7-10(13)11(12)14/h3-6,10H,7,13H2,1-2H3/t10-/m0/s1. The molecule has 0 fully saturated rings. The van der Waals surface area contributed by atoms with E-state index in [9.17, 15) is 13.8 Å². The van der Waals surface area contributed by atoms with Crippen molar-refractivity contribution in [2.24, 2.45) is 5.73 Å². The van der Waals surface area contributed by atoms with E-state index in [1.54, 1.807) is 12.1 Å². The highest BCUT2D eigenvalue weighted by molar-refractivity contribution is 7.48. The Morgan fingerprint density at radius 3 is 2.26 bits per heavy atom. The van der Waals surface area contributed by atoms with Crippen LogP contribution < -0.4 is 10.3 Å². The van der Waals surface area contributed by atoms with E-state index in [1.165, 1.54) is 26.4 Å². The fourth-order valence-electron chi connectivity index (χ4n) is 1.30. The van der Waals surface area contributed by atoms with Crippen molar-refractivity contribution in [3.05, 3.63) is 29.8 Å². The highest BCUT2D eigenvalue weighted by atomic mass is 31.2. The van der Waals surface area contributed by atoms with Crippen LogP contribution in [0.4, 0.5) is 4.39 Å². The molecule has 0 heterocycles. The van der Waals surface area contributed by atoms with Gasteiger partial charge in [-0.3, -0.25) is 13.8 Å². The first-order chi connectivity index (χ1) is 8.90. The van der Waals surface area contributed by atoms with Gasteiger partial charge in [0.05, 0.1) is 0 Å². The van der Waals surface area contributed by atoms with Crippen LogP contribution in [-0.4, -0.2) is 26.3 Å². The molecule has 1 aromatic rings. The summed E-state index contributed by atoms with van der Waals surface area (Å²) >= 11 is 0. The van der Waals surface area contributed by atoms with E-state index in [0.29, 0.717) is 5.56 Å². The number of benzene rings is 1. The van der Waals surface area contributed by atoms with Gasteiger partial charge in [-0.2, -0.15) is 4.39 Å². The van der Waals surface area contributed by atoms with Crippen LogP contribution in [0.25, 0.3) is 0 Å². The van der Waals surface area contributed by atoms with Crippen LogP contribution >= 0.6 is 7.82 Å². The largest absolute Gasteiger partial charge is 0.529 e. The second-order valence-electron chi connectivity index (χ2n) is 3.66. The van der Waals surface area contributed by atoms with Crippen LogP contribution in [0.5, 0.6) is 5.75 Å². The topological polar surface area (TPSA) is 87.8 Å². The number of phosphoric ester groups is 1. The number of rotatable bonds is 7. The molecule has 1 rings (SSSR count). The first kappa shape index (κ1) is 15.8. The lowest BCUT2D eigenvalue weighted by atomic mass is 10.1. The second kappa shape index (κ2) is 6.77. The second-order valence-corrected chi connectivity index (χ2v) is 5.47. The molecule has 0 aliphatic carbocycles. The highest BCUT2D eigenvalue weighted by Gasteiger charge is 2.24. The molecular weight excluding hydrogens is 276 g/mol. The van der Waals surface area contributed by atoms with E-state index < -0.39 is 19.9 Å². The summed E-state index contributed by atoms with van der Waals surface area (Å²) in [6.45, 7) is 0. The van der Waals surface area contributed by atoms with Gasteiger partial charge in [-0.1, -0.05) is 12.1 Å². The normalized spacial score (nSPS) is 13.1. The molecule has 0 aliphatic rings. The average molecular weight is 291 g/mol. The summed E-state index contributed by atoms with van der Waals surface area (Å²) in [5.74, 6) is 0.260. The number of halogens is 1. The van der Waals surface area contributed by atoms with Gasteiger partial charge >= 0.3 is 13.9 Å². The van der Waals surface area contributed by atoms with Gasteiger partial charge < -0.3 is 10.3 Å². The number of hydrogen-bond donors (Lipinski definition) is 1. The van der Waals surface area contributed by atoms with Crippen molar-refractivity contribution in [1.29, 1.82) is 0 Å². The Labute approximate surface area is 110 Å². The van der Waals surface area contributed by atoms with E-state index in [4.69, 9.17) is 10.3 Å². The Morgan fingerprint density at radius 1 is 1.32 bits per heavy atom. The highest BCUT2D eigenvalue weighted by Crippen LogP contribution is 2.47. The molecule has 2 N–H and O–H groups in total. The molecule has 106 valence electrons. The Hall–Kier alpha value is -1.27. The number of phosphoric acid groups is 1. The Kier molecular flexibility index (Phi) is 5.62. The van der Waals surface area contributed by atoms with E-state index in [0.717, 1.165) is 0 Å². The zero-order chi connectivity index (χ0) is 14.5. The number of carbonyl (C=O) groups excluding carboxylic acids is 1. The fraction of sp³-hybridized carbons (Fsp3) is 0.364. The lowest BCUT2D eigenvalue weighted by Crippen LogP contribution is -2.29. The van der Waals surface area contributed by atoms with Crippen LogP contribution in [0.15, 0.2) is 24.3 Å². The molecule has 6 nitrogen and oxygen atoms in total. The van der Waals surface area contributed by atoms with Gasteiger partial charge in [-0.25, -0.2) is 4.57 Å². The Bertz CT molecular complexity index is 470. The number of nitrogens with two attached hydrogens (primary N) is 1. The Balaban J connectivity index is 2.72. The maximum Gasteiger partial charge on any atom is 0.529 e. The molecule has 0 amide bonds. The summed E-state index contributed by atoms with van der Waals surface area (Å²) in [6.07, 6.45) is 0.0713. The average Bonchev–Trinajstić information content (AvgIpc) is 2.40.